The van der Waals surface area contributed by atoms with Crippen LogP contribution in [0.3, 0.4) is 0 Å². The van der Waals surface area contributed by atoms with E-state index in [1.165, 1.54) is 0 Å². The molecule has 106 valence electrons. The van der Waals surface area contributed by atoms with Crippen LogP contribution in [0.15, 0.2) is 36.7 Å². The highest BCUT2D eigenvalue weighted by Gasteiger charge is 2.05. The van der Waals surface area contributed by atoms with E-state index in [4.69, 9.17) is 4.74 Å². The average Bonchev–Trinajstić information content (AvgIpc) is 2.87. The first-order valence-electron chi connectivity index (χ1n) is 6.69. The van der Waals surface area contributed by atoms with E-state index in [0.717, 1.165) is 24.2 Å². The van der Waals surface area contributed by atoms with Crippen molar-refractivity contribution >= 4 is 11.6 Å². The van der Waals surface area contributed by atoms with Crippen molar-refractivity contribution in [2.75, 3.05) is 11.9 Å². The molecule has 2 aromatic rings. The lowest BCUT2D eigenvalue weighted by Gasteiger charge is -2.06. The molecule has 0 unspecified atom stereocenters. The molecule has 1 aromatic carbocycles. The van der Waals surface area contributed by atoms with E-state index in [9.17, 15) is 4.79 Å². The third kappa shape index (κ3) is 4.12. The molecule has 1 heterocycles. The summed E-state index contributed by atoms with van der Waals surface area (Å²) in [6.45, 7) is 4.91. The van der Waals surface area contributed by atoms with Crippen LogP contribution in [0.1, 0.15) is 18.9 Å². The predicted molar refractivity (Wildman–Crippen MR) is 77.8 cm³/mol. The molecule has 0 atom stereocenters. The molecule has 0 saturated carbocycles. The van der Waals surface area contributed by atoms with Crippen molar-refractivity contribution in [1.82, 2.24) is 9.78 Å². The first kappa shape index (κ1) is 14.1. The lowest BCUT2D eigenvalue weighted by molar-refractivity contribution is -0.118. The van der Waals surface area contributed by atoms with Crippen LogP contribution in [0.25, 0.3) is 0 Å². The summed E-state index contributed by atoms with van der Waals surface area (Å²) in [5.41, 5.74) is 1.92. The molecule has 1 amide bonds. The Morgan fingerprint density at radius 2 is 2.10 bits per heavy atom. The van der Waals surface area contributed by atoms with Crippen molar-refractivity contribution in [3.63, 3.8) is 0 Å². The number of hydrogen-bond acceptors (Lipinski definition) is 3. The highest BCUT2D eigenvalue weighted by molar-refractivity contribution is 5.91. The number of carbonyl (C=O) groups excluding carboxylic acids is 1. The van der Waals surface area contributed by atoms with E-state index in [-0.39, 0.29) is 12.5 Å². The number of aromatic nitrogens is 2. The predicted octanol–water partition coefficient (Wildman–Crippen LogP) is 2.62. The Balaban J connectivity index is 1.80. The molecular weight excluding hydrogens is 254 g/mol. The lowest BCUT2D eigenvalue weighted by atomic mass is 10.2. The standard InChI is InChI=1S/C15H19N3O2/c1-3-8-18-10-14(9-16-18)20-11-15(19)17-13-6-4-12(2)5-7-13/h4-7,9-10H,3,8,11H2,1-2H3,(H,17,19). The van der Waals surface area contributed by atoms with Gasteiger partial charge in [-0.3, -0.25) is 9.48 Å². The molecule has 5 nitrogen and oxygen atoms in total. The lowest BCUT2D eigenvalue weighted by Crippen LogP contribution is -2.19. The molecule has 0 bridgehead atoms. The van der Waals surface area contributed by atoms with Crippen molar-refractivity contribution in [3.05, 3.63) is 42.2 Å². The molecule has 0 aliphatic carbocycles. The average molecular weight is 273 g/mol. The van der Waals surface area contributed by atoms with Crippen LogP contribution in [0.2, 0.25) is 0 Å². The second kappa shape index (κ2) is 6.75. The number of ether oxygens (including phenoxy) is 1. The zero-order valence-corrected chi connectivity index (χ0v) is 11.8. The minimum absolute atomic E-state index is 0.0221. The van der Waals surface area contributed by atoms with Crippen LogP contribution in [0.4, 0.5) is 5.69 Å². The van der Waals surface area contributed by atoms with Crippen molar-refractivity contribution in [1.29, 1.82) is 0 Å². The van der Waals surface area contributed by atoms with Crippen molar-refractivity contribution < 1.29 is 9.53 Å². The van der Waals surface area contributed by atoms with Crippen molar-refractivity contribution in [2.24, 2.45) is 0 Å². The number of amides is 1. The normalized spacial score (nSPS) is 10.3. The van der Waals surface area contributed by atoms with Crippen LogP contribution in [0, 0.1) is 6.92 Å². The largest absolute Gasteiger partial charge is 0.480 e. The third-order valence-corrected chi connectivity index (χ3v) is 2.77. The van der Waals surface area contributed by atoms with Gasteiger partial charge in [-0.2, -0.15) is 5.10 Å². The molecule has 1 aromatic heterocycles. The fourth-order valence-electron chi connectivity index (χ4n) is 1.75. The van der Waals surface area contributed by atoms with E-state index in [1.807, 2.05) is 31.2 Å². The van der Waals surface area contributed by atoms with Gasteiger partial charge in [-0.05, 0) is 25.5 Å². The smallest absolute Gasteiger partial charge is 0.262 e. The summed E-state index contributed by atoms with van der Waals surface area (Å²) < 4.78 is 7.19. The first-order chi connectivity index (χ1) is 9.67. The monoisotopic (exact) mass is 273 g/mol. The Bertz CT molecular complexity index is 561. The molecule has 0 aliphatic heterocycles. The Labute approximate surface area is 118 Å². The van der Waals surface area contributed by atoms with Crippen LogP contribution in [-0.2, 0) is 11.3 Å². The maximum Gasteiger partial charge on any atom is 0.262 e. The van der Waals surface area contributed by atoms with Gasteiger partial charge in [0.05, 0.1) is 12.4 Å². The summed E-state index contributed by atoms with van der Waals surface area (Å²) in [6.07, 6.45) is 4.42. The van der Waals surface area contributed by atoms with Gasteiger partial charge in [-0.25, -0.2) is 0 Å². The van der Waals surface area contributed by atoms with Gasteiger partial charge in [0.15, 0.2) is 12.4 Å². The maximum atomic E-state index is 11.7. The Kier molecular flexibility index (Phi) is 4.76. The maximum absolute atomic E-state index is 11.7. The van der Waals surface area contributed by atoms with Gasteiger partial charge in [-0.15, -0.1) is 0 Å². The van der Waals surface area contributed by atoms with Crippen molar-refractivity contribution in [3.8, 4) is 5.75 Å². The Hall–Kier alpha value is -2.30. The van der Waals surface area contributed by atoms with Crippen LogP contribution >= 0.6 is 0 Å². The highest BCUT2D eigenvalue weighted by atomic mass is 16.5. The number of benzene rings is 1. The number of anilines is 1. The second-order valence-corrected chi connectivity index (χ2v) is 4.64. The summed E-state index contributed by atoms with van der Waals surface area (Å²) >= 11 is 0. The SMILES string of the molecule is CCCn1cc(OCC(=O)Nc2ccc(C)cc2)cn1. The van der Waals surface area contributed by atoms with Gasteiger partial charge in [-0.1, -0.05) is 24.6 Å². The van der Waals surface area contributed by atoms with E-state index < -0.39 is 0 Å². The van der Waals surface area contributed by atoms with E-state index in [1.54, 1.807) is 17.1 Å². The van der Waals surface area contributed by atoms with E-state index in [0.29, 0.717) is 5.75 Å². The number of rotatable bonds is 6. The molecule has 5 heteroatoms. The van der Waals surface area contributed by atoms with Crippen LogP contribution in [0.5, 0.6) is 5.75 Å². The number of nitrogens with one attached hydrogen (secondary N) is 1. The minimum atomic E-state index is -0.183. The first-order valence-corrected chi connectivity index (χ1v) is 6.69. The van der Waals surface area contributed by atoms with Gasteiger partial charge < -0.3 is 10.1 Å². The molecule has 0 radical (unpaired) electrons. The van der Waals surface area contributed by atoms with Gasteiger partial charge in [0.25, 0.3) is 5.91 Å². The topological polar surface area (TPSA) is 56.1 Å². The second-order valence-electron chi connectivity index (χ2n) is 4.64. The Morgan fingerprint density at radius 3 is 2.80 bits per heavy atom. The van der Waals surface area contributed by atoms with Crippen molar-refractivity contribution in [2.45, 2.75) is 26.8 Å². The van der Waals surface area contributed by atoms with E-state index >= 15 is 0 Å². The molecule has 20 heavy (non-hydrogen) atoms. The third-order valence-electron chi connectivity index (χ3n) is 2.77. The summed E-state index contributed by atoms with van der Waals surface area (Å²) in [5.74, 6) is 0.426. The molecule has 1 N–H and O–H groups in total. The minimum Gasteiger partial charge on any atom is -0.480 e. The molecule has 0 aliphatic rings. The van der Waals surface area contributed by atoms with Gasteiger partial charge in [0, 0.05) is 12.2 Å². The van der Waals surface area contributed by atoms with E-state index in [2.05, 4.69) is 17.3 Å². The summed E-state index contributed by atoms with van der Waals surface area (Å²) in [6, 6.07) is 7.63. The summed E-state index contributed by atoms with van der Waals surface area (Å²) in [7, 11) is 0. The van der Waals surface area contributed by atoms with Gasteiger partial charge >= 0.3 is 0 Å². The number of carbonyl (C=O) groups is 1. The fourth-order valence-corrected chi connectivity index (χ4v) is 1.75. The molecular formula is C15H19N3O2. The summed E-state index contributed by atoms with van der Waals surface area (Å²) in [4.78, 5) is 11.7. The molecule has 0 spiro atoms. The van der Waals surface area contributed by atoms with Gasteiger partial charge in [0.1, 0.15) is 0 Å². The Morgan fingerprint density at radius 1 is 1.35 bits per heavy atom. The van der Waals surface area contributed by atoms with Crippen LogP contribution in [-0.4, -0.2) is 22.3 Å². The number of aryl methyl sites for hydroxylation is 2. The molecule has 0 fully saturated rings. The van der Waals surface area contributed by atoms with Crippen LogP contribution < -0.4 is 10.1 Å². The number of hydrogen-bond donors (Lipinski definition) is 1. The zero-order valence-electron chi connectivity index (χ0n) is 11.8. The molecule has 0 saturated heterocycles. The highest BCUT2D eigenvalue weighted by Crippen LogP contribution is 2.10. The molecule has 2 rings (SSSR count). The zero-order chi connectivity index (χ0) is 14.4. The number of nitrogens with zero attached hydrogens (tertiary/aromatic N) is 2. The van der Waals surface area contributed by atoms with Gasteiger partial charge in [0.2, 0.25) is 0 Å². The quantitative estimate of drug-likeness (QED) is 0.880. The summed E-state index contributed by atoms with van der Waals surface area (Å²) in [5, 5.41) is 6.92. The fraction of sp³-hybridized carbons (Fsp3) is 0.333.